The van der Waals surface area contributed by atoms with Gasteiger partial charge in [0, 0.05) is 29.6 Å². The largest absolute Gasteiger partial charge is 0.489 e. The molecule has 1 fully saturated rings. The molecule has 184 valence electrons. The fourth-order valence-electron chi connectivity index (χ4n) is 5.33. The van der Waals surface area contributed by atoms with E-state index in [1.54, 1.807) is 6.07 Å². The lowest BCUT2D eigenvalue weighted by atomic mass is 10.0. The van der Waals surface area contributed by atoms with Crippen LogP contribution in [0.2, 0.25) is 0 Å². The van der Waals surface area contributed by atoms with Crippen molar-refractivity contribution in [1.82, 2.24) is 4.98 Å². The third-order valence-electron chi connectivity index (χ3n) is 7.33. The van der Waals surface area contributed by atoms with Gasteiger partial charge in [0.05, 0.1) is 5.75 Å². The van der Waals surface area contributed by atoms with Gasteiger partial charge in [-0.1, -0.05) is 19.1 Å². The number of anilines is 1. The van der Waals surface area contributed by atoms with E-state index < -0.39 is 9.84 Å². The smallest absolute Gasteiger partial charge is 0.147 e. The van der Waals surface area contributed by atoms with Crippen LogP contribution in [0.5, 0.6) is 5.75 Å². The predicted octanol–water partition coefficient (Wildman–Crippen LogP) is 5.53. The van der Waals surface area contributed by atoms with E-state index >= 15 is 0 Å². The first-order valence-electron chi connectivity index (χ1n) is 12.1. The molecule has 5 rings (SSSR count). The minimum absolute atomic E-state index is 0.142. The third-order valence-corrected chi connectivity index (χ3v) is 8.36. The summed E-state index contributed by atoms with van der Waals surface area (Å²) in [6, 6.07) is 15.2. The van der Waals surface area contributed by atoms with Crippen molar-refractivity contribution in [2.45, 2.75) is 39.2 Å². The molecule has 0 unspecified atom stereocenters. The lowest BCUT2D eigenvalue weighted by molar-refractivity contribution is 0.299. The molecule has 0 amide bonds. The fraction of sp³-hybridized carbons (Fsp3) is 0.393. The second-order valence-corrected chi connectivity index (χ2v) is 12.2. The summed E-state index contributed by atoms with van der Waals surface area (Å²) in [7, 11) is -2.97. The monoisotopic (exact) mass is 494 g/mol. The standard InChI is InChI=1S/C28H31FN2O3S/c1-17-25-15-20-14-22(6-7-24(20)28(17)25)34-16-21-13-19(5-9-26(21)29)23-8-10-27(31-18(23)2)30-11-4-12-35(3,32)33/h5-10,13-14,17,25,28H,4,11-12,15-16H2,1-3H3,(H,30,31)/t17-,25-,28-/m0/s1. The van der Waals surface area contributed by atoms with Gasteiger partial charge in [0.15, 0.2) is 0 Å². The number of nitrogens with one attached hydrogen (secondary N) is 1. The molecule has 1 aromatic heterocycles. The normalized spacial score (nSPS) is 20.3. The van der Waals surface area contributed by atoms with E-state index in [0.29, 0.717) is 24.3 Å². The molecule has 1 heterocycles. The number of nitrogens with zero attached hydrogens (tertiary/aromatic N) is 1. The summed E-state index contributed by atoms with van der Waals surface area (Å²) in [5, 5.41) is 3.17. The van der Waals surface area contributed by atoms with Crippen LogP contribution >= 0.6 is 0 Å². The summed E-state index contributed by atoms with van der Waals surface area (Å²) in [5.74, 6) is 3.64. The number of rotatable bonds is 9. The topological polar surface area (TPSA) is 68.3 Å². The number of hydrogen-bond donors (Lipinski definition) is 1. The average molecular weight is 495 g/mol. The second kappa shape index (κ2) is 9.26. The van der Waals surface area contributed by atoms with Crippen LogP contribution in [0.25, 0.3) is 11.1 Å². The Hall–Kier alpha value is -2.93. The van der Waals surface area contributed by atoms with Gasteiger partial charge in [0.2, 0.25) is 0 Å². The fourth-order valence-corrected chi connectivity index (χ4v) is 6.00. The van der Waals surface area contributed by atoms with E-state index in [9.17, 15) is 12.8 Å². The van der Waals surface area contributed by atoms with E-state index in [1.165, 1.54) is 23.4 Å². The van der Waals surface area contributed by atoms with Crippen LogP contribution in [0, 0.1) is 24.6 Å². The van der Waals surface area contributed by atoms with Crippen LogP contribution in [0.4, 0.5) is 10.2 Å². The van der Waals surface area contributed by atoms with Gasteiger partial charge in [-0.3, -0.25) is 0 Å². The van der Waals surface area contributed by atoms with Crippen molar-refractivity contribution in [3.05, 3.63) is 76.7 Å². The molecule has 0 bridgehead atoms. The number of aromatic nitrogens is 1. The van der Waals surface area contributed by atoms with Gasteiger partial charge in [-0.2, -0.15) is 0 Å². The quantitative estimate of drug-likeness (QED) is 0.396. The number of ether oxygens (including phenoxy) is 1. The van der Waals surface area contributed by atoms with Gasteiger partial charge in [0.25, 0.3) is 0 Å². The first kappa shape index (κ1) is 23.8. The molecule has 3 atom stereocenters. The first-order valence-corrected chi connectivity index (χ1v) is 14.2. The lowest BCUT2D eigenvalue weighted by Crippen LogP contribution is -2.10. The van der Waals surface area contributed by atoms with Crippen LogP contribution in [0.1, 0.15) is 41.6 Å². The van der Waals surface area contributed by atoms with Gasteiger partial charge in [-0.25, -0.2) is 17.8 Å². The molecule has 35 heavy (non-hydrogen) atoms. The SMILES string of the molecule is Cc1nc(NCCCS(C)(=O)=O)ccc1-c1ccc(F)c(COc2ccc3c(c2)C[C@H]2[C@H](C)[C@@H]32)c1. The molecule has 0 spiro atoms. The summed E-state index contributed by atoms with van der Waals surface area (Å²) in [6.07, 6.45) is 2.88. The molecule has 0 radical (unpaired) electrons. The molecular formula is C28H31FN2O3S. The number of pyridine rings is 1. The highest BCUT2D eigenvalue weighted by atomic mass is 32.2. The molecule has 5 nitrogen and oxygen atoms in total. The van der Waals surface area contributed by atoms with Crippen molar-refractivity contribution < 1.29 is 17.5 Å². The maximum Gasteiger partial charge on any atom is 0.147 e. The zero-order valence-corrected chi connectivity index (χ0v) is 21.2. The zero-order chi connectivity index (χ0) is 24.7. The Balaban J connectivity index is 1.24. The van der Waals surface area contributed by atoms with Gasteiger partial charge in [-0.05, 0) is 90.6 Å². The van der Waals surface area contributed by atoms with E-state index in [0.717, 1.165) is 46.7 Å². The van der Waals surface area contributed by atoms with Crippen molar-refractivity contribution in [3.8, 4) is 16.9 Å². The van der Waals surface area contributed by atoms with Crippen molar-refractivity contribution in [2.24, 2.45) is 11.8 Å². The summed E-state index contributed by atoms with van der Waals surface area (Å²) in [5.41, 5.74) is 5.93. The van der Waals surface area contributed by atoms with Crippen molar-refractivity contribution in [2.75, 3.05) is 23.9 Å². The zero-order valence-electron chi connectivity index (χ0n) is 20.3. The number of hydrogen-bond acceptors (Lipinski definition) is 5. The number of fused-ring (bicyclic) bond motifs is 3. The number of sulfone groups is 1. The number of benzene rings is 2. The van der Waals surface area contributed by atoms with Crippen molar-refractivity contribution in [1.29, 1.82) is 0 Å². The Morgan fingerprint density at radius 3 is 2.74 bits per heavy atom. The third kappa shape index (κ3) is 5.20. The Kier molecular flexibility index (Phi) is 6.30. The second-order valence-electron chi connectivity index (χ2n) is 9.95. The van der Waals surface area contributed by atoms with Crippen LogP contribution in [0.3, 0.4) is 0 Å². The molecule has 2 aliphatic carbocycles. The maximum atomic E-state index is 14.6. The highest BCUT2D eigenvalue weighted by Crippen LogP contribution is 2.61. The van der Waals surface area contributed by atoms with Crippen LogP contribution in [-0.2, 0) is 22.9 Å². The summed E-state index contributed by atoms with van der Waals surface area (Å²) < 4.78 is 43.1. The van der Waals surface area contributed by atoms with E-state index in [2.05, 4.69) is 29.4 Å². The molecule has 2 aliphatic rings. The first-order chi connectivity index (χ1) is 16.7. The Labute approximate surface area is 206 Å². The minimum atomic E-state index is -2.97. The van der Waals surface area contributed by atoms with E-state index in [1.807, 2.05) is 31.2 Å². The Morgan fingerprint density at radius 2 is 1.97 bits per heavy atom. The number of aryl methyl sites for hydroxylation is 1. The average Bonchev–Trinajstić information content (AvgIpc) is 3.26. The van der Waals surface area contributed by atoms with Crippen LogP contribution in [0.15, 0.2) is 48.5 Å². The Bertz CT molecular complexity index is 1370. The van der Waals surface area contributed by atoms with E-state index in [-0.39, 0.29) is 18.2 Å². The highest BCUT2D eigenvalue weighted by molar-refractivity contribution is 7.90. The lowest BCUT2D eigenvalue weighted by Gasteiger charge is -2.13. The summed E-state index contributed by atoms with van der Waals surface area (Å²) in [4.78, 5) is 4.59. The van der Waals surface area contributed by atoms with Crippen molar-refractivity contribution in [3.63, 3.8) is 0 Å². The van der Waals surface area contributed by atoms with Gasteiger partial charge < -0.3 is 10.1 Å². The number of halogens is 1. The highest BCUT2D eigenvalue weighted by Gasteiger charge is 2.52. The molecule has 3 aromatic rings. The van der Waals surface area contributed by atoms with Gasteiger partial charge >= 0.3 is 0 Å². The molecule has 0 saturated heterocycles. The molecule has 1 N–H and O–H groups in total. The summed E-state index contributed by atoms with van der Waals surface area (Å²) in [6.45, 7) is 4.92. The van der Waals surface area contributed by atoms with Crippen LogP contribution < -0.4 is 10.1 Å². The molecular weight excluding hydrogens is 463 g/mol. The predicted molar refractivity (Wildman–Crippen MR) is 137 cm³/mol. The molecule has 7 heteroatoms. The Morgan fingerprint density at radius 1 is 1.14 bits per heavy atom. The summed E-state index contributed by atoms with van der Waals surface area (Å²) >= 11 is 0. The van der Waals surface area contributed by atoms with Gasteiger partial charge in [-0.15, -0.1) is 0 Å². The molecule has 0 aliphatic heterocycles. The van der Waals surface area contributed by atoms with Gasteiger partial charge in [0.1, 0.15) is 33.8 Å². The maximum absolute atomic E-state index is 14.6. The van der Waals surface area contributed by atoms with Crippen LogP contribution in [-0.4, -0.2) is 32.0 Å². The molecule has 1 saturated carbocycles. The minimum Gasteiger partial charge on any atom is -0.489 e. The van der Waals surface area contributed by atoms with E-state index in [4.69, 9.17) is 4.74 Å². The van der Waals surface area contributed by atoms with Crippen molar-refractivity contribution >= 4 is 15.7 Å². The molecule has 2 aromatic carbocycles.